The summed E-state index contributed by atoms with van der Waals surface area (Å²) in [5, 5.41) is 9.62. The van der Waals surface area contributed by atoms with Crippen LogP contribution >= 0.6 is 31.9 Å². The number of hydrogen-bond donors (Lipinski definition) is 1. The lowest BCUT2D eigenvalue weighted by Gasteiger charge is -2.13. The number of rotatable bonds is 6. The first-order valence-electron chi connectivity index (χ1n) is 5.48. The molecular formula is C13H14Br2O4. The second kappa shape index (κ2) is 7.67. The Bertz CT molecular complexity index is 453. The lowest BCUT2D eigenvalue weighted by atomic mass is 10.3. The second-order valence-electron chi connectivity index (χ2n) is 3.95. The molecule has 0 fully saturated rings. The van der Waals surface area contributed by atoms with Gasteiger partial charge in [-0.25, -0.2) is 4.79 Å². The van der Waals surface area contributed by atoms with Crippen molar-refractivity contribution in [3.8, 4) is 5.75 Å². The summed E-state index contributed by atoms with van der Waals surface area (Å²) in [6.07, 6.45) is -0.888. The van der Waals surface area contributed by atoms with E-state index in [0.717, 1.165) is 8.95 Å². The molecular weight excluding hydrogens is 380 g/mol. The van der Waals surface area contributed by atoms with E-state index in [0.29, 0.717) is 11.3 Å². The molecule has 0 saturated carbocycles. The van der Waals surface area contributed by atoms with Gasteiger partial charge in [0.1, 0.15) is 25.1 Å². The average Bonchev–Trinajstić information content (AvgIpc) is 2.32. The van der Waals surface area contributed by atoms with Crippen LogP contribution in [0.3, 0.4) is 0 Å². The minimum Gasteiger partial charge on any atom is -0.491 e. The van der Waals surface area contributed by atoms with Gasteiger partial charge in [0.25, 0.3) is 0 Å². The molecule has 0 aromatic heterocycles. The molecule has 4 nitrogen and oxygen atoms in total. The summed E-state index contributed by atoms with van der Waals surface area (Å²) in [6.45, 7) is 4.90. The van der Waals surface area contributed by atoms with Crippen LogP contribution in [0.2, 0.25) is 0 Å². The predicted octanol–water partition coefficient (Wildman–Crippen LogP) is 3.07. The van der Waals surface area contributed by atoms with Crippen LogP contribution in [0.25, 0.3) is 0 Å². The number of aliphatic hydroxyl groups is 1. The Labute approximate surface area is 128 Å². The number of aliphatic hydroxyl groups excluding tert-OH is 1. The van der Waals surface area contributed by atoms with Crippen LogP contribution in [-0.4, -0.2) is 30.4 Å². The minimum absolute atomic E-state index is 0.0341. The number of halogens is 2. The topological polar surface area (TPSA) is 55.8 Å². The number of benzene rings is 1. The molecule has 0 aliphatic heterocycles. The van der Waals surface area contributed by atoms with Crippen molar-refractivity contribution < 1.29 is 19.4 Å². The molecule has 0 aliphatic carbocycles. The molecule has 1 atom stereocenters. The number of ether oxygens (including phenoxy) is 2. The van der Waals surface area contributed by atoms with Crippen molar-refractivity contribution in [3.63, 3.8) is 0 Å². The van der Waals surface area contributed by atoms with Crippen LogP contribution in [0.15, 0.2) is 39.3 Å². The van der Waals surface area contributed by atoms with Gasteiger partial charge in [0.05, 0.1) is 0 Å². The summed E-state index contributed by atoms with van der Waals surface area (Å²) >= 11 is 6.67. The number of carbonyl (C=O) groups is 1. The van der Waals surface area contributed by atoms with Crippen molar-refractivity contribution in [2.45, 2.75) is 13.0 Å². The normalized spacial score (nSPS) is 11.8. The summed E-state index contributed by atoms with van der Waals surface area (Å²) < 4.78 is 11.9. The zero-order chi connectivity index (χ0) is 14.4. The zero-order valence-corrected chi connectivity index (χ0v) is 13.5. The molecule has 104 valence electrons. The SMILES string of the molecule is C=C(C)C(=O)OCC(O)COc1cc(Br)cc(Br)c1. The monoisotopic (exact) mass is 392 g/mol. The summed E-state index contributed by atoms with van der Waals surface area (Å²) in [6, 6.07) is 5.42. The molecule has 0 radical (unpaired) electrons. The van der Waals surface area contributed by atoms with Crippen molar-refractivity contribution in [2.24, 2.45) is 0 Å². The van der Waals surface area contributed by atoms with Gasteiger partial charge in [0.2, 0.25) is 0 Å². The van der Waals surface area contributed by atoms with Crippen LogP contribution in [0, 0.1) is 0 Å². The molecule has 1 aromatic carbocycles. The predicted molar refractivity (Wildman–Crippen MR) is 79.1 cm³/mol. The molecule has 1 N–H and O–H groups in total. The molecule has 0 amide bonds. The van der Waals surface area contributed by atoms with Crippen LogP contribution in [0.1, 0.15) is 6.92 Å². The summed E-state index contributed by atoms with van der Waals surface area (Å²) in [5.41, 5.74) is 0.295. The zero-order valence-electron chi connectivity index (χ0n) is 10.4. The highest BCUT2D eigenvalue weighted by Gasteiger charge is 2.10. The molecule has 0 spiro atoms. The van der Waals surface area contributed by atoms with Gasteiger partial charge in [-0.05, 0) is 25.1 Å². The Hall–Kier alpha value is -0.850. The second-order valence-corrected chi connectivity index (χ2v) is 5.78. The third-order valence-corrected chi connectivity index (χ3v) is 2.95. The van der Waals surface area contributed by atoms with Crippen LogP contribution in [0.4, 0.5) is 0 Å². The summed E-state index contributed by atoms with van der Waals surface area (Å²) in [4.78, 5) is 11.1. The largest absolute Gasteiger partial charge is 0.491 e. The quantitative estimate of drug-likeness (QED) is 0.596. The highest BCUT2D eigenvalue weighted by Crippen LogP contribution is 2.24. The van der Waals surface area contributed by atoms with E-state index in [1.807, 2.05) is 6.07 Å². The van der Waals surface area contributed by atoms with Crippen molar-refractivity contribution in [1.29, 1.82) is 0 Å². The van der Waals surface area contributed by atoms with E-state index in [1.54, 1.807) is 19.1 Å². The highest BCUT2D eigenvalue weighted by molar-refractivity contribution is 9.11. The van der Waals surface area contributed by atoms with Crippen LogP contribution in [-0.2, 0) is 9.53 Å². The first-order chi connectivity index (χ1) is 8.88. The molecule has 19 heavy (non-hydrogen) atoms. The van der Waals surface area contributed by atoms with Crippen LogP contribution in [0.5, 0.6) is 5.75 Å². The Morgan fingerprint density at radius 3 is 2.42 bits per heavy atom. The Balaban J connectivity index is 2.39. The van der Waals surface area contributed by atoms with Gasteiger partial charge in [-0.15, -0.1) is 0 Å². The molecule has 1 rings (SSSR count). The van der Waals surface area contributed by atoms with Crippen molar-refractivity contribution in [3.05, 3.63) is 39.3 Å². The van der Waals surface area contributed by atoms with E-state index in [9.17, 15) is 9.90 Å². The average molecular weight is 394 g/mol. The maximum absolute atomic E-state index is 11.1. The number of hydrogen-bond acceptors (Lipinski definition) is 4. The molecule has 0 heterocycles. The van der Waals surface area contributed by atoms with Gasteiger partial charge < -0.3 is 14.6 Å². The molecule has 6 heteroatoms. The van der Waals surface area contributed by atoms with E-state index >= 15 is 0 Å². The molecule has 0 bridgehead atoms. The van der Waals surface area contributed by atoms with Gasteiger partial charge >= 0.3 is 5.97 Å². The fourth-order valence-corrected chi connectivity index (χ4v) is 2.40. The van der Waals surface area contributed by atoms with Crippen molar-refractivity contribution >= 4 is 37.8 Å². The number of carbonyl (C=O) groups excluding carboxylic acids is 1. The first kappa shape index (κ1) is 16.2. The van der Waals surface area contributed by atoms with E-state index in [-0.39, 0.29) is 13.2 Å². The lowest BCUT2D eigenvalue weighted by Crippen LogP contribution is -2.25. The fourth-order valence-electron chi connectivity index (χ4n) is 1.15. The van der Waals surface area contributed by atoms with Gasteiger partial charge in [0, 0.05) is 14.5 Å². The smallest absolute Gasteiger partial charge is 0.333 e. The standard InChI is InChI=1S/C13H14Br2O4/c1-8(2)13(17)19-7-11(16)6-18-12-4-9(14)3-10(15)5-12/h3-5,11,16H,1,6-7H2,2H3. The van der Waals surface area contributed by atoms with E-state index in [2.05, 4.69) is 38.4 Å². The first-order valence-corrected chi connectivity index (χ1v) is 7.06. The lowest BCUT2D eigenvalue weighted by molar-refractivity contribution is -0.142. The van der Waals surface area contributed by atoms with Gasteiger partial charge in [0.15, 0.2) is 0 Å². The Kier molecular flexibility index (Phi) is 6.54. The third-order valence-electron chi connectivity index (χ3n) is 2.03. The Morgan fingerprint density at radius 2 is 1.89 bits per heavy atom. The fraction of sp³-hybridized carbons (Fsp3) is 0.308. The molecule has 0 aliphatic rings. The van der Waals surface area contributed by atoms with Gasteiger partial charge in [-0.2, -0.15) is 0 Å². The van der Waals surface area contributed by atoms with Crippen molar-refractivity contribution in [1.82, 2.24) is 0 Å². The third kappa shape index (κ3) is 6.22. The summed E-state index contributed by atoms with van der Waals surface area (Å²) in [5.74, 6) is 0.0794. The highest BCUT2D eigenvalue weighted by atomic mass is 79.9. The van der Waals surface area contributed by atoms with E-state index < -0.39 is 12.1 Å². The van der Waals surface area contributed by atoms with Crippen molar-refractivity contribution in [2.75, 3.05) is 13.2 Å². The maximum atomic E-state index is 11.1. The minimum atomic E-state index is -0.888. The number of esters is 1. The maximum Gasteiger partial charge on any atom is 0.333 e. The molecule has 1 aromatic rings. The van der Waals surface area contributed by atoms with E-state index in [1.165, 1.54) is 0 Å². The molecule has 0 saturated heterocycles. The van der Waals surface area contributed by atoms with E-state index in [4.69, 9.17) is 9.47 Å². The summed E-state index contributed by atoms with van der Waals surface area (Å²) in [7, 11) is 0. The van der Waals surface area contributed by atoms with Crippen LogP contribution < -0.4 is 4.74 Å². The van der Waals surface area contributed by atoms with Gasteiger partial charge in [-0.1, -0.05) is 38.4 Å². The Morgan fingerprint density at radius 1 is 1.32 bits per heavy atom. The molecule has 1 unspecified atom stereocenters. The van der Waals surface area contributed by atoms with Gasteiger partial charge in [-0.3, -0.25) is 0 Å².